The van der Waals surface area contributed by atoms with Crippen LogP contribution in [0.1, 0.15) is 13.8 Å². The maximum absolute atomic E-state index is 12.2. The fourth-order valence-corrected chi connectivity index (χ4v) is 1.82. The van der Waals surface area contributed by atoms with E-state index in [0.29, 0.717) is 0 Å². The van der Waals surface area contributed by atoms with E-state index in [-0.39, 0.29) is 17.4 Å². The Morgan fingerprint density at radius 2 is 2.21 bits per heavy atom. The number of carbonyl (C=O) groups excluding carboxylic acids is 1. The lowest BCUT2D eigenvalue weighted by Gasteiger charge is -2.28. The third-order valence-electron chi connectivity index (χ3n) is 2.57. The van der Waals surface area contributed by atoms with Crippen molar-refractivity contribution in [2.24, 2.45) is 10.9 Å². The highest BCUT2D eigenvalue weighted by molar-refractivity contribution is 6.66. The molecule has 1 rings (SSSR count). The molecule has 0 aromatic heterocycles. The van der Waals surface area contributed by atoms with Crippen molar-refractivity contribution >= 4 is 22.7 Å². The number of hydrogen-bond donors (Lipinski definition) is 1. The fraction of sp³-hybridized carbons (Fsp3) is 0.636. The lowest BCUT2D eigenvalue weighted by Crippen LogP contribution is -2.46. The summed E-state index contributed by atoms with van der Waals surface area (Å²) in [5.41, 5.74) is 0.0444. The van der Waals surface area contributed by atoms with Gasteiger partial charge in [-0.1, -0.05) is 18.5 Å². The van der Waals surface area contributed by atoms with Gasteiger partial charge in [-0.3, -0.25) is 0 Å². The molecule has 0 spiro atoms. The summed E-state index contributed by atoms with van der Waals surface area (Å²) in [5.74, 6) is -1.23. The molecule has 1 heterocycles. The summed E-state index contributed by atoms with van der Waals surface area (Å²) in [6.45, 7) is 2.11. The van der Waals surface area contributed by atoms with Gasteiger partial charge < -0.3 is 10.1 Å². The van der Waals surface area contributed by atoms with Gasteiger partial charge in [0.1, 0.15) is 5.17 Å². The van der Waals surface area contributed by atoms with Crippen LogP contribution >= 0.6 is 11.6 Å². The summed E-state index contributed by atoms with van der Waals surface area (Å²) in [6, 6.07) is -0.870. The largest absolute Gasteiger partial charge is 0.463 e. The summed E-state index contributed by atoms with van der Waals surface area (Å²) in [4.78, 5) is 15.4. The Morgan fingerprint density at radius 1 is 1.58 bits per heavy atom. The second-order valence-corrected chi connectivity index (χ2v) is 4.41. The first kappa shape index (κ1) is 16.0. The Bertz CT molecular complexity index is 407. The number of hydrogen-bond acceptors (Lipinski definition) is 4. The molecule has 0 bridgehead atoms. The minimum absolute atomic E-state index is 0.0444. The second kappa shape index (κ2) is 6.38. The summed E-state index contributed by atoms with van der Waals surface area (Å²) in [7, 11) is 0. The molecular formula is C11H14ClF3N2O2. The number of halogens is 4. The van der Waals surface area contributed by atoms with Gasteiger partial charge in [0.25, 0.3) is 0 Å². The average molecular weight is 299 g/mol. The number of rotatable bonds is 4. The minimum atomic E-state index is -4.37. The number of aliphatic imine (C=N–C) groups is 1. The third kappa shape index (κ3) is 4.50. The van der Waals surface area contributed by atoms with Crippen LogP contribution in [-0.4, -0.2) is 36.5 Å². The first-order valence-corrected chi connectivity index (χ1v) is 6.04. The van der Waals surface area contributed by atoms with Gasteiger partial charge in [0, 0.05) is 12.1 Å². The molecule has 2 unspecified atom stereocenters. The van der Waals surface area contributed by atoms with Crippen LogP contribution in [0.2, 0.25) is 0 Å². The van der Waals surface area contributed by atoms with Crippen LogP contribution in [0.25, 0.3) is 0 Å². The van der Waals surface area contributed by atoms with Crippen molar-refractivity contribution in [3.63, 3.8) is 0 Å². The van der Waals surface area contributed by atoms with E-state index in [2.05, 4.69) is 10.3 Å². The van der Waals surface area contributed by atoms with E-state index in [4.69, 9.17) is 16.3 Å². The van der Waals surface area contributed by atoms with E-state index in [9.17, 15) is 18.0 Å². The van der Waals surface area contributed by atoms with Gasteiger partial charge in [-0.2, -0.15) is 13.2 Å². The molecule has 0 aromatic rings. The van der Waals surface area contributed by atoms with E-state index in [0.717, 1.165) is 6.20 Å². The minimum Gasteiger partial charge on any atom is -0.463 e. The van der Waals surface area contributed by atoms with Crippen LogP contribution in [0, 0.1) is 5.92 Å². The van der Waals surface area contributed by atoms with E-state index in [1.165, 1.54) is 0 Å². The Balaban J connectivity index is 2.87. The molecule has 2 atom stereocenters. The SMILES string of the molecule is CCOC(=O)C1=CN=C(Cl)C(C)C1NCC(F)(F)F. The molecule has 1 N–H and O–H groups in total. The standard InChI is InChI=1S/C11H14ClF3N2O2/c1-3-19-10(18)7-4-16-9(12)6(2)8(7)17-5-11(13,14)15/h4,6,8,17H,3,5H2,1-2H3. The molecule has 1 aliphatic rings. The predicted molar refractivity (Wildman–Crippen MR) is 65.0 cm³/mol. The summed E-state index contributed by atoms with van der Waals surface area (Å²) < 4.78 is 41.5. The van der Waals surface area contributed by atoms with E-state index >= 15 is 0 Å². The van der Waals surface area contributed by atoms with Crippen molar-refractivity contribution in [3.05, 3.63) is 11.8 Å². The van der Waals surface area contributed by atoms with Gasteiger partial charge in [-0.25, -0.2) is 9.79 Å². The maximum atomic E-state index is 12.2. The van der Waals surface area contributed by atoms with Gasteiger partial charge in [0.15, 0.2) is 0 Å². The number of alkyl halides is 3. The topological polar surface area (TPSA) is 50.7 Å². The van der Waals surface area contributed by atoms with Crippen LogP contribution in [0.3, 0.4) is 0 Å². The predicted octanol–water partition coefficient (Wildman–Crippen LogP) is 2.24. The van der Waals surface area contributed by atoms with Gasteiger partial charge in [0.05, 0.1) is 24.8 Å². The van der Waals surface area contributed by atoms with Crippen LogP contribution < -0.4 is 5.32 Å². The fourth-order valence-electron chi connectivity index (χ4n) is 1.64. The third-order valence-corrected chi connectivity index (χ3v) is 3.01. The summed E-state index contributed by atoms with van der Waals surface area (Å²) in [6.07, 6.45) is -3.23. The van der Waals surface area contributed by atoms with E-state index in [1.54, 1.807) is 13.8 Å². The first-order chi connectivity index (χ1) is 8.76. The molecule has 0 aliphatic carbocycles. The highest BCUT2D eigenvalue weighted by atomic mass is 35.5. The summed E-state index contributed by atoms with van der Waals surface area (Å²) in [5, 5.41) is 2.42. The van der Waals surface area contributed by atoms with Crippen molar-refractivity contribution in [1.29, 1.82) is 0 Å². The number of nitrogens with one attached hydrogen (secondary N) is 1. The molecule has 1 aliphatic heterocycles. The average Bonchev–Trinajstić information content (AvgIpc) is 2.30. The molecule has 0 radical (unpaired) electrons. The van der Waals surface area contributed by atoms with Crippen molar-refractivity contribution in [2.45, 2.75) is 26.1 Å². The van der Waals surface area contributed by atoms with Gasteiger partial charge >= 0.3 is 12.1 Å². The van der Waals surface area contributed by atoms with Crippen molar-refractivity contribution in [2.75, 3.05) is 13.2 Å². The molecule has 8 heteroatoms. The van der Waals surface area contributed by atoms with E-state index < -0.39 is 30.7 Å². The second-order valence-electron chi connectivity index (χ2n) is 4.02. The Hall–Kier alpha value is -1.08. The molecule has 0 fully saturated rings. The Labute approximate surface area is 113 Å². The molecule has 0 saturated carbocycles. The molecule has 19 heavy (non-hydrogen) atoms. The monoisotopic (exact) mass is 298 g/mol. The molecule has 108 valence electrons. The van der Waals surface area contributed by atoms with Crippen molar-refractivity contribution in [3.8, 4) is 0 Å². The zero-order valence-electron chi connectivity index (χ0n) is 10.4. The number of ether oxygens (including phenoxy) is 1. The molecule has 0 aromatic carbocycles. The number of carbonyl (C=O) groups is 1. The van der Waals surface area contributed by atoms with Gasteiger partial charge in [-0.15, -0.1) is 0 Å². The molecular weight excluding hydrogens is 285 g/mol. The van der Waals surface area contributed by atoms with Gasteiger partial charge in [-0.05, 0) is 6.92 Å². The van der Waals surface area contributed by atoms with Crippen LogP contribution in [0.4, 0.5) is 13.2 Å². The zero-order chi connectivity index (χ0) is 14.6. The van der Waals surface area contributed by atoms with Crippen LogP contribution in [-0.2, 0) is 9.53 Å². The van der Waals surface area contributed by atoms with E-state index in [1.807, 2.05) is 0 Å². The van der Waals surface area contributed by atoms with Crippen LogP contribution in [0.15, 0.2) is 16.8 Å². The first-order valence-electron chi connectivity index (χ1n) is 5.66. The van der Waals surface area contributed by atoms with Crippen molar-refractivity contribution in [1.82, 2.24) is 5.32 Å². The normalized spacial score (nSPS) is 23.7. The highest BCUT2D eigenvalue weighted by Gasteiger charge is 2.36. The van der Waals surface area contributed by atoms with Crippen LogP contribution in [0.5, 0.6) is 0 Å². The number of esters is 1. The van der Waals surface area contributed by atoms with Gasteiger partial charge in [0.2, 0.25) is 0 Å². The molecule has 4 nitrogen and oxygen atoms in total. The lowest BCUT2D eigenvalue weighted by molar-refractivity contribution is -0.140. The Kier molecular flexibility index (Phi) is 5.37. The van der Waals surface area contributed by atoms with Crippen molar-refractivity contribution < 1.29 is 22.7 Å². The Morgan fingerprint density at radius 3 is 2.74 bits per heavy atom. The zero-order valence-corrected chi connectivity index (χ0v) is 11.2. The quantitative estimate of drug-likeness (QED) is 0.810. The smallest absolute Gasteiger partial charge is 0.401 e. The molecule has 0 saturated heterocycles. The number of nitrogens with zero attached hydrogens (tertiary/aromatic N) is 1. The maximum Gasteiger partial charge on any atom is 0.401 e. The summed E-state index contributed by atoms with van der Waals surface area (Å²) >= 11 is 5.79. The molecule has 0 amide bonds. The highest BCUT2D eigenvalue weighted by Crippen LogP contribution is 2.24. The lowest BCUT2D eigenvalue weighted by atomic mass is 9.93.